The number of hydrogen-bond acceptors (Lipinski definition) is 8. The lowest BCUT2D eigenvalue weighted by molar-refractivity contribution is -0.134. The first-order valence-corrected chi connectivity index (χ1v) is 10.5. The van der Waals surface area contributed by atoms with E-state index in [9.17, 15) is 19.8 Å². The molecule has 34 heavy (non-hydrogen) atoms. The molecule has 10 heteroatoms. The van der Waals surface area contributed by atoms with Crippen molar-refractivity contribution in [3.63, 3.8) is 0 Å². The number of amides is 2. The van der Waals surface area contributed by atoms with Gasteiger partial charge in [-0.1, -0.05) is 0 Å². The normalized spacial score (nSPS) is 12.3. The molecule has 0 aromatic heterocycles. The lowest BCUT2D eigenvalue weighted by Gasteiger charge is -2.26. The smallest absolute Gasteiger partial charge is 0.224 e. The Hall–Kier alpha value is -3.82. The maximum Gasteiger partial charge on any atom is 0.224 e. The van der Waals surface area contributed by atoms with E-state index in [4.69, 9.17) is 18.9 Å². The third-order valence-electron chi connectivity index (χ3n) is 5.64. The van der Waals surface area contributed by atoms with Crippen molar-refractivity contribution in [1.82, 2.24) is 10.6 Å². The second-order valence-corrected chi connectivity index (χ2v) is 7.55. The van der Waals surface area contributed by atoms with Gasteiger partial charge < -0.3 is 39.8 Å². The van der Waals surface area contributed by atoms with Crippen molar-refractivity contribution < 1.29 is 38.7 Å². The van der Waals surface area contributed by atoms with Crippen molar-refractivity contribution in [2.75, 3.05) is 42.5 Å². The standard InChI is InChI=1S/C24H32N2O8/c1-25-23(29)15(7-13-9-17(31-3)21(27)18(10-13)32-4)16(24(30)26-2)8-14-11-19(33-5)22(28)20(12-14)34-6/h9-12,15-16,27-28H,7-8H2,1-6H3,(H,25,29)(H,26,30)/t15-,16+. The van der Waals surface area contributed by atoms with Crippen LogP contribution in [0.1, 0.15) is 11.1 Å². The van der Waals surface area contributed by atoms with Gasteiger partial charge in [0, 0.05) is 14.1 Å². The van der Waals surface area contributed by atoms with Crippen LogP contribution in [0.3, 0.4) is 0 Å². The molecule has 0 unspecified atom stereocenters. The average Bonchev–Trinajstić information content (AvgIpc) is 2.86. The van der Waals surface area contributed by atoms with Crippen LogP contribution in [-0.2, 0) is 22.4 Å². The molecular weight excluding hydrogens is 444 g/mol. The summed E-state index contributed by atoms with van der Waals surface area (Å²) in [5.41, 5.74) is 1.27. The van der Waals surface area contributed by atoms with Gasteiger partial charge in [-0.05, 0) is 48.2 Å². The van der Waals surface area contributed by atoms with E-state index in [1.54, 1.807) is 24.3 Å². The number of carbonyl (C=O) groups excluding carboxylic acids is 2. The number of aromatic hydroxyl groups is 2. The fraction of sp³-hybridized carbons (Fsp3) is 0.417. The average molecular weight is 477 g/mol. The first kappa shape index (κ1) is 26.4. The SMILES string of the molecule is CNC(=O)[C@@H](Cc1cc(OC)c(O)c(OC)c1)[C@@H](Cc1cc(OC)c(O)c(OC)c1)C(=O)NC. The number of nitrogens with one attached hydrogen (secondary N) is 2. The second kappa shape index (κ2) is 11.9. The van der Waals surface area contributed by atoms with Gasteiger partial charge in [-0.3, -0.25) is 9.59 Å². The van der Waals surface area contributed by atoms with E-state index in [2.05, 4.69) is 10.6 Å². The van der Waals surface area contributed by atoms with E-state index in [1.165, 1.54) is 42.5 Å². The molecule has 0 aliphatic rings. The summed E-state index contributed by atoms with van der Waals surface area (Å²) in [7, 11) is 8.64. The van der Waals surface area contributed by atoms with E-state index >= 15 is 0 Å². The molecular formula is C24H32N2O8. The van der Waals surface area contributed by atoms with Crippen molar-refractivity contribution in [2.45, 2.75) is 12.8 Å². The molecule has 0 radical (unpaired) electrons. The molecule has 2 rings (SSSR count). The molecule has 0 fully saturated rings. The summed E-state index contributed by atoms with van der Waals surface area (Å²) in [6.07, 6.45) is 0.328. The molecule has 0 saturated heterocycles. The summed E-state index contributed by atoms with van der Waals surface area (Å²) in [4.78, 5) is 25.9. The Kier molecular flexibility index (Phi) is 9.23. The number of phenols is 2. The summed E-state index contributed by atoms with van der Waals surface area (Å²) in [5, 5.41) is 25.7. The molecule has 186 valence electrons. The fourth-order valence-corrected chi connectivity index (χ4v) is 3.85. The fourth-order valence-electron chi connectivity index (χ4n) is 3.85. The Balaban J connectivity index is 2.53. The van der Waals surface area contributed by atoms with Crippen LogP contribution in [0, 0.1) is 11.8 Å². The summed E-state index contributed by atoms with van der Waals surface area (Å²) >= 11 is 0. The van der Waals surface area contributed by atoms with Crippen LogP contribution < -0.4 is 29.6 Å². The van der Waals surface area contributed by atoms with Crippen LogP contribution in [0.15, 0.2) is 24.3 Å². The van der Waals surface area contributed by atoms with Gasteiger partial charge in [-0.2, -0.15) is 0 Å². The number of phenolic OH excluding ortho intramolecular Hbond substituents is 2. The highest BCUT2D eigenvalue weighted by Gasteiger charge is 2.34. The summed E-state index contributed by atoms with van der Waals surface area (Å²) < 4.78 is 20.9. The number of hydrogen-bond donors (Lipinski definition) is 4. The summed E-state index contributed by atoms with van der Waals surface area (Å²) in [6.45, 7) is 0. The first-order valence-electron chi connectivity index (χ1n) is 10.5. The molecule has 0 spiro atoms. The van der Waals surface area contributed by atoms with Crippen LogP contribution in [0.25, 0.3) is 0 Å². The summed E-state index contributed by atoms with van der Waals surface area (Å²) in [6, 6.07) is 6.39. The maximum atomic E-state index is 13.0. The first-order chi connectivity index (χ1) is 16.2. The third-order valence-corrected chi connectivity index (χ3v) is 5.64. The van der Waals surface area contributed by atoms with Crippen molar-refractivity contribution in [1.29, 1.82) is 0 Å². The molecule has 0 bridgehead atoms. The second-order valence-electron chi connectivity index (χ2n) is 7.55. The number of benzene rings is 2. The van der Waals surface area contributed by atoms with E-state index in [0.717, 1.165) is 0 Å². The molecule has 10 nitrogen and oxygen atoms in total. The minimum Gasteiger partial charge on any atom is -0.502 e. The Morgan fingerprint density at radius 1 is 0.676 bits per heavy atom. The zero-order chi connectivity index (χ0) is 25.4. The molecule has 0 saturated carbocycles. The molecule has 2 atom stereocenters. The molecule has 2 aromatic carbocycles. The predicted octanol–water partition coefficient (Wildman–Crippen LogP) is 1.64. The number of rotatable bonds is 11. The topological polar surface area (TPSA) is 136 Å². The number of carbonyl (C=O) groups is 2. The largest absolute Gasteiger partial charge is 0.502 e. The van der Waals surface area contributed by atoms with E-state index in [1.807, 2.05) is 0 Å². The van der Waals surface area contributed by atoms with Gasteiger partial charge in [0.1, 0.15) is 0 Å². The van der Waals surface area contributed by atoms with E-state index in [-0.39, 0.29) is 59.2 Å². The minimum absolute atomic E-state index is 0.156. The van der Waals surface area contributed by atoms with E-state index in [0.29, 0.717) is 11.1 Å². The Morgan fingerprint density at radius 2 is 0.941 bits per heavy atom. The van der Waals surface area contributed by atoms with Gasteiger partial charge >= 0.3 is 0 Å². The van der Waals surface area contributed by atoms with Gasteiger partial charge in [-0.25, -0.2) is 0 Å². The molecule has 2 amide bonds. The van der Waals surface area contributed by atoms with Crippen LogP contribution >= 0.6 is 0 Å². The zero-order valence-corrected chi connectivity index (χ0v) is 20.2. The van der Waals surface area contributed by atoms with E-state index < -0.39 is 11.8 Å². The molecule has 2 aromatic rings. The highest BCUT2D eigenvalue weighted by molar-refractivity contribution is 5.88. The zero-order valence-electron chi connectivity index (χ0n) is 20.2. The van der Waals surface area contributed by atoms with Crippen molar-refractivity contribution in [2.24, 2.45) is 11.8 Å². The lowest BCUT2D eigenvalue weighted by Crippen LogP contribution is -2.42. The monoisotopic (exact) mass is 476 g/mol. The van der Waals surface area contributed by atoms with Crippen molar-refractivity contribution in [3.05, 3.63) is 35.4 Å². The molecule has 4 N–H and O–H groups in total. The molecule has 0 aliphatic carbocycles. The quantitative estimate of drug-likeness (QED) is 0.384. The van der Waals surface area contributed by atoms with Crippen molar-refractivity contribution >= 4 is 11.8 Å². The maximum absolute atomic E-state index is 13.0. The molecule has 0 heterocycles. The van der Waals surface area contributed by atoms with Crippen LogP contribution in [0.4, 0.5) is 0 Å². The van der Waals surface area contributed by atoms with Gasteiger partial charge in [0.15, 0.2) is 23.0 Å². The minimum atomic E-state index is -0.783. The Morgan fingerprint density at radius 3 is 1.15 bits per heavy atom. The van der Waals surface area contributed by atoms with Gasteiger partial charge in [-0.15, -0.1) is 0 Å². The summed E-state index contributed by atoms with van der Waals surface area (Å²) in [5.74, 6) is -1.79. The third kappa shape index (κ3) is 5.75. The predicted molar refractivity (Wildman–Crippen MR) is 125 cm³/mol. The lowest BCUT2D eigenvalue weighted by atomic mass is 9.81. The van der Waals surface area contributed by atoms with Crippen LogP contribution in [0.5, 0.6) is 34.5 Å². The number of methoxy groups -OCH3 is 4. The van der Waals surface area contributed by atoms with Crippen LogP contribution in [0.2, 0.25) is 0 Å². The van der Waals surface area contributed by atoms with Gasteiger partial charge in [0.2, 0.25) is 23.3 Å². The molecule has 0 aliphatic heterocycles. The highest BCUT2D eigenvalue weighted by atomic mass is 16.5. The van der Waals surface area contributed by atoms with Crippen LogP contribution in [-0.4, -0.2) is 64.6 Å². The van der Waals surface area contributed by atoms with Gasteiger partial charge in [0.25, 0.3) is 0 Å². The Bertz CT molecular complexity index is 893. The number of ether oxygens (including phenoxy) is 4. The Labute approximate surface area is 198 Å². The highest BCUT2D eigenvalue weighted by Crippen LogP contribution is 2.40. The van der Waals surface area contributed by atoms with Gasteiger partial charge in [0.05, 0.1) is 40.3 Å². The van der Waals surface area contributed by atoms with Crippen molar-refractivity contribution in [3.8, 4) is 34.5 Å².